The molecule has 2 heteroatoms. The van der Waals surface area contributed by atoms with Crippen molar-refractivity contribution in [3.8, 4) is 5.75 Å². The van der Waals surface area contributed by atoms with E-state index in [2.05, 4.69) is 11.2 Å². The lowest BCUT2D eigenvalue weighted by molar-refractivity contribution is 0.278. The second-order valence-electron chi connectivity index (χ2n) is 3.91. The van der Waals surface area contributed by atoms with Crippen LogP contribution >= 0.6 is 0 Å². The Morgan fingerprint density at radius 3 is 3.00 bits per heavy atom. The van der Waals surface area contributed by atoms with Gasteiger partial charge in [0.05, 0.1) is 19.0 Å². The summed E-state index contributed by atoms with van der Waals surface area (Å²) in [7, 11) is 0. The van der Waals surface area contributed by atoms with Gasteiger partial charge in [-0.3, -0.25) is 4.98 Å². The van der Waals surface area contributed by atoms with Crippen LogP contribution in [0.1, 0.15) is 32.1 Å². The lowest BCUT2D eigenvalue weighted by Crippen LogP contribution is -2.03. The van der Waals surface area contributed by atoms with Gasteiger partial charge in [0.25, 0.3) is 0 Å². The minimum absolute atomic E-state index is 0.830. The molecule has 2 nitrogen and oxygen atoms in total. The highest BCUT2D eigenvalue weighted by Crippen LogP contribution is 2.27. The fraction of sp³-hybridized carbons (Fsp3) is 0.583. The van der Waals surface area contributed by atoms with Gasteiger partial charge in [0.2, 0.25) is 0 Å². The number of rotatable bonds is 4. The first-order valence-corrected chi connectivity index (χ1v) is 5.40. The highest BCUT2D eigenvalue weighted by molar-refractivity contribution is 5.14. The predicted molar refractivity (Wildman–Crippen MR) is 55.1 cm³/mol. The first-order valence-electron chi connectivity index (χ1n) is 5.40. The molecule has 0 bridgehead atoms. The molecule has 14 heavy (non-hydrogen) atoms. The minimum atomic E-state index is 0.830. The predicted octanol–water partition coefficient (Wildman–Crippen LogP) is 2.84. The van der Waals surface area contributed by atoms with Crippen molar-refractivity contribution < 1.29 is 4.74 Å². The molecule has 1 aliphatic rings. The highest BCUT2D eigenvalue weighted by atomic mass is 16.5. The highest BCUT2D eigenvalue weighted by Gasteiger charge is 2.14. The molecule has 1 heterocycles. The number of hydrogen-bond donors (Lipinski definition) is 0. The summed E-state index contributed by atoms with van der Waals surface area (Å²) in [5.74, 6) is 1.76. The normalized spacial score (nSPS) is 17.1. The average molecular weight is 190 g/mol. The van der Waals surface area contributed by atoms with Crippen LogP contribution in [-0.2, 0) is 0 Å². The molecule has 1 fully saturated rings. The van der Waals surface area contributed by atoms with Crippen LogP contribution in [0.15, 0.2) is 18.3 Å². The van der Waals surface area contributed by atoms with Gasteiger partial charge >= 0.3 is 0 Å². The molecule has 0 atom stereocenters. The van der Waals surface area contributed by atoms with E-state index in [-0.39, 0.29) is 0 Å². The number of hydrogen-bond acceptors (Lipinski definition) is 2. The SMILES string of the molecule is [c]1ccc(OCCC2CCCC2)cn1. The van der Waals surface area contributed by atoms with E-state index in [1.807, 2.05) is 6.07 Å². The van der Waals surface area contributed by atoms with Gasteiger partial charge < -0.3 is 4.74 Å². The summed E-state index contributed by atoms with van der Waals surface area (Å²) in [5, 5.41) is 0. The van der Waals surface area contributed by atoms with Crippen LogP contribution < -0.4 is 4.74 Å². The van der Waals surface area contributed by atoms with E-state index in [0.717, 1.165) is 18.3 Å². The van der Waals surface area contributed by atoms with E-state index in [0.29, 0.717) is 0 Å². The monoisotopic (exact) mass is 190 g/mol. The fourth-order valence-corrected chi connectivity index (χ4v) is 2.03. The van der Waals surface area contributed by atoms with Crippen molar-refractivity contribution in [2.24, 2.45) is 5.92 Å². The minimum Gasteiger partial charge on any atom is -0.492 e. The van der Waals surface area contributed by atoms with Crippen LogP contribution in [0.4, 0.5) is 0 Å². The Labute approximate surface area is 85.3 Å². The van der Waals surface area contributed by atoms with Crippen molar-refractivity contribution in [3.05, 3.63) is 24.5 Å². The van der Waals surface area contributed by atoms with E-state index in [9.17, 15) is 0 Å². The summed E-state index contributed by atoms with van der Waals surface area (Å²) in [5.41, 5.74) is 0. The van der Waals surface area contributed by atoms with Crippen LogP contribution in [0.3, 0.4) is 0 Å². The standard InChI is InChI=1S/C12H16NO/c1-2-5-11(4-1)7-9-14-12-6-3-8-13-10-12/h3,6,10-11H,1-2,4-5,7,9H2. The molecule has 0 aliphatic heterocycles. The number of nitrogens with zero attached hydrogens (tertiary/aromatic N) is 1. The quantitative estimate of drug-likeness (QED) is 0.728. The van der Waals surface area contributed by atoms with E-state index >= 15 is 0 Å². The molecular weight excluding hydrogens is 174 g/mol. The zero-order valence-electron chi connectivity index (χ0n) is 8.41. The molecule has 75 valence electrons. The van der Waals surface area contributed by atoms with Crippen LogP contribution in [0, 0.1) is 12.1 Å². The molecule has 0 spiro atoms. The average Bonchev–Trinajstić information content (AvgIpc) is 2.72. The van der Waals surface area contributed by atoms with Crippen LogP contribution in [0.5, 0.6) is 5.75 Å². The number of aromatic nitrogens is 1. The summed E-state index contributed by atoms with van der Waals surface area (Å²) in [6.45, 7) is 0.830. The molecule has 0 saturated heterocycles. The Kier molecular flexibility index (Phi) is 3.39. The molecule has 0 N–H and O–H groups in total. The van der Waals surface area contributed by atoms with E-state index in [1.54, 1.807) is 12.3 Å². The largest absolute Gasteiger partial charge is 0.492 e. The van der Waals surface area contributed by atoms with Crippen molar-refractivity contribution in [2.45, 2.75) is 32.1 Å². The van der Waals surface area contributed by atoms with Gasteiger partial charge in [-0.15, -0.1) is 0 Å². The smallest absolute Gasteiger partial charge is 0.137 e. The molecule has 0 aromatic carbocycles. The molecular formula is C12H16NO. The molecule has 2 rings (SSSR count). The maximum Gasteiger partial charge on any atom is 0.137 e. The second-order valence-corrected chi connectivity index (χ2v) is 3.91. The van der Waals surface area contributed by atoms with E-state index < -0.39 is 0 Å². The third-order valence-electron chi connectivity index (χ3n) is 2.86. The Bertz CT molecular complexity index is 254. The molecule has 1 radical (unpaired) electrons. The van der Waals surface area contributed by atoms with Crippen LogP contribution in [0.2, 0.25) is 0 Å². The van der Waals surface area contributed by atoms with Crippen LogP contribution in [-0.4, -0.2) is 11.6 Å². The number of pyridine rings is 1. The molecule has 1 aliphatic carbocycles. The van der Waals surface area contributed by atoms with Gasteiger partial charge in [-0.1, -0.05) is 25.7 Å². The van der Waals surface area contributed by atoms with Crippen molar-refractivity contribution in [1.29, 1.82) is 0 Å². The zero-order chi connectivity index (χ0) is 9.64. The van der Waals surface area contributed by atoms with Crippen molar-refractivity contribution in [3.63, 3.8) is 0 Å². The topological polar surface area (TPSA) is 22.1 Å². The summed E-state index contributed by atoms with van der Waals surface area (Å²) in [6, 6.07) is 3.69. The van der Waals surface area contributed by atoms with Gasteiger partial charge in [0.1, 0.15) is 5.75 Å². The Balaban J connectivity index is 1.67. The van der Waals surface area contributed by atoms with Gasteiger partial charge in [-0.05, 0) is 24.5 Å². The maximum atomic E-state index is 5.59. The van der Waals surface area contributed by atoms with E-state index in [1.165, 1.54) is 32.1 Å². The summed E-state index contributed by atoms with van der Waals surface area (Å²) < 4.78 is 5.59. The summed E-state index contributed by atoms with van der Waals surface area (Å²) >= 11 is 0. The molecule has 0 amide bonds. The van der Waals surface area contributed by atoms with Gasteiger partial charge in [0, 0.05) is 0 Å². The second kappa shape index (κ2) is 4.99. The van der Waals surface area contributed by atoms with E-state index in [4.69, 9.17) is 4.74 Å². The first kappa shape index (κ1) is 9.50. The molecule has 1 aromatic heterocycles. The Morgan fingerprint density at radius 1 is 1.43 bits per heavy atom. The summed E-state index contributed by atoms with van der Waals surface area (Å²) in [6.07, 6.45) is 11.2. The Hall–Kier alpha value is -1.05. The Morgan fingerprint density at radius 2 is 2.29 bits per heavy atom. The zero-order valence-corrected chi connectivity index (χ0v) is 8.41. The van der Waals surface area contributed by atoms with Gasteiger partial charge in [-0.25, -0.2) is 0 Å². The third-order valence-corrected chi connectivity index (χ3v) is 2.86. The molecule has 1 saturated carbocycles. The maximum absolute atomic E-state index is 5.59. The lowest BCUT2D eigenvalue weighted by Gasteiger charge is -2.09. The number of ether oxygens (including phenoxy) is 1. The van der Waals surface area contributed by atoms with Gasteiger partial charge in [-0.2, -0.15) is 0 Å². The fourth-order valence-electron chi connectivity index (χ4n) is 2.03. The summed E-state index contributed by atoms with van der Waals surface area (Å²) in [4.78, 5) is 3.89. The first-order chi connectivity index (χ1) is 6.95. The van der Waals surface area contributed by atoms with Crippen LogP contribution in [0.25, 0.3) is 0 Å². The van der Waals surface area contributed by atoms with Crippen molar-refractivity contribution in [1.82, 2.24) is 4.98 Å². The molecule has 0 unspecified atom stereocenters. The third kappa shape index (κ3) is 2.72. The lowest BCUT2D eigenvalue weighted by atomic mass is 10.1. The van der Waals surface area contributed by atoms with Gasteiger partial charge in [0.15, 0.2) is 0 Å². The van der Waals surface area contributed by atoms with Crippen molar-refractivity contribution >= 4 is 0 Å². The van der Waals surface area contributed by atoms with Crippen molar-refractivity contribution in [2.75, 3.05) is 6.61 Å². The molecule has 1 aromatic rings.